The van der Waals surface area contributed by atoms with Gasteiger partial charge in [0.15, 0.2) is 11.9 Å². The standard InChI is InChI=1S/C6H4N4O/c11-4-6-9-8-5-2-1-3-7-10(5)6/h1-4H. The second-order valence-corrected chi connectivity index (χ2v) is 1.97. The molecule has 0 amide bonds. The van der Waals surface area contributed by atoms with Crippen LogP contribution in [0.1, 0.15) is 10.6 Å². The Morgan fingerprint density at radius 3 is 3.18 bits per heavy atom. The molecule has 2 heterocycles. The second-order valence-electron chi connectivity index (χ2n) is 1.97. The molecule has 0 radical (unpaired) electrons. The Labute approximate surface area is 61.7 Å². The van der Waals surface area contributed by atoms with Gasteiger partial charge in [-0.25, -0.2) is 0 Å². The van der Waals surface area contributed by atoms with Crippen molar-refractivity contribution in [3.8, 4) is 0 Å². The van der Waals surface area contributed by atoms with E-state index in [9.17, 15) is 4.79 Å². The van der Waals surface area contributed by atoms with Crippen molar-refractivity contribution in [3.63, 3.8) is 0 Å². The summed E-state index contributed by atoms with van der Waals surface area (Å²) >= 11 is 0. The van der Waals surface area contributed by atoms with Crippen LogP contribution in [0.25, 0.3) is 5.65 Å². The summed E-state index contributed by atoms with van der Waals surface area (Å²) in [5, 5.41) is 11.2. The van der Waals surface area contributed by atoms with Gasteiger partial charge in [0.1, 0.15) is 0 Å². The number of rotatable bonds is 1. The third kappa shape index (κ3) is 0.778. The van der Waals surface area contributed by atoms with Crippen LogP contribution in [-0.2, 0) is 0 Å². The highest BCUT2D eigenvalue weighted by Crippen LogP contribution is 1.96. The van der Waals surface area contributed by atoms with Crippen LogP contribution >= 0.6 is 0 Å². The summed E-state index contributed by atoms with van der Waals surface area (Å²) in [6.45, 7) is 0. The molecule has 0 N–H and O–H groups in total. The molecule has 0 unspecified atom stereocenters. The molecule has 0 saturated heterocycles. The SMILES string of the molecule is O=Cc1nnc2cccnn12. The average Bonchev–Trinajstić information content (AvgIpc) is 2.47. The molecule has 2 rings (SSSR count). The Morgan fingerprint density at radius 2 is 2.36 bits per heavy atom. The number of aromatic nitrogens is 4. The molecular formula is C6H4N4O. The maximum Gasteiger partial charge on any atom is 0.217 e. The minimum Gasteiger partial charge on any atom is -0.294 e. The minimum atomic E-state index is 0.223. The highest BCUT2D eigenvalue weighted by molar-refractivity contribution is 5.70. The average molecular weight is 148 g/mol. The Balaban J connectivity index is 2.86. The first-order chi connectivity index (χ1) is 5.42. The second kappa shape index (κ2) is 2.12. The van der Waals surface area contributed by atoms with E-state index in [0.717, 1.165) is 0 Å². The number of aldehydes is 1. The molecule has 0 aromatic carbocycles. The maximum atomic E-state index is 10.3. The van der Waals surface area contributed by atoms with Gasteiger partial charge in [-0.1, -0.05) is 0 Å². The Bertz CT molecular complexity index is 394. The van der Waals surface area contributed by atoms with Gasteiger partial charge in [-0.3, -0.25) is 4.79 Å². The summed E-state index contributed by atoms with van der Waals surface area (Å²) < 4.78 is 1.38. The van der Waals surface area contributed by atoms with Gasteiger partial charge in [-0.05, 0) is 12.1 Å². The number of nitrogens with zero attached hydrogens (tertiary/aromatic N) is 4. The first-order valence-electron chi connectivity index (χ1n) is 3.03. The van der Waals surface area contributed by atoms with E-state index in [2.05, 4.69) is 15.3 Å². The van der Waals surface area contributed by atoms with Crippen LogP contribution in [0.3, 0.4) is 0 Å². The molecule has 0 fully saturated rings. The van der Waals surface area contributed by atoms with E-state index in [1.165, 1.54) is 4.52 Å². The number of hydrogen-bond donors (Lipinski definition) is 0. The van der Waals surface area contributed by atoms with Crippen LogP contribution in [0.15, 0.2) is 18.3 Å². The van der Waals surface area contributed by atoms with Crippen molar-refractivity contribution in [2.75, 3.05) is 0 Å². The van der Waals surface area contributed by atoms with E-state index < -0.39 is 0 Å². The lowest BCUT2D eigenvalue weighted by molar-refractivity contribution is 0.111. The molecule has 2 aromatic heterocycles. The van der Waals surface area contributed by atoms with E-state index >= 15 is 0 Å². The molecule has 0 aliphatic carbocycles. The predicted molar refractivity (Wildman–Crippen MR) is 36.2 cm³/mol. The van der Waals surface area contributed by atoms with Gasteiger partial charge in [0.05, 0.1) is 0 Å². The number of carbonyl (C=O) groups is 1. The van der Waals surface area contributed by atoms with Crippen molar-refractivity contribution in [1.82, 2.24) is 19.8 Å². The molecule has 5 heteroatoms. The van der Waals surface area contributed by atoms with Gasteiger partial charge in [-0.15, -0.1) is 10.2 Å². The van der Waals surface area contributed by atoms with E-state index in [4.69, 9.17) is 0 Å². The van der Waals surface area contributed by atoms with Crippen LogP contribution in [0, 0.1) is 0 Å². The Hall–Kier alpha value is -1.78. The first-order valence-corrected chi connectivity index (χ1v) is 3.03. The van der Waals surface area contributed by atoms with E-state index in [1.807, 2.05) is 0 Å². The van der Waals surface area contributed by atoms with E-state index in [-0.39, 0.29) is 5.82 Å². The van der Waals surface area contributed by atoms with Crippen LogP contribution in [0.5, 0.6) is 0 Å². The van der Waals surface area contributed by atoms with Gasteiger partial charge >= 0.3 is 0 Å². The molecule has 0 saturated carbocycles. The molecule has 2 aromatic rings. The lowest BCUT2D eigenvalue weighted by atomic mass is 10.5. The Kier molecular flexibility index (Phi) is 1.15. The summed E-state index contributed by atoms with van der Waals surface area (Å²) in [4.78, 5) is 10.3. The summed E-state index contributed by atoms with van der Waals surface area (Å²) in [6.07, 6.45) is 2.19. The van der Waals surface area contributed by atoms with E-state index in [1.54, 1.807) is 18.3 Å². The molecule has 0 bridgehead atoms. The predicted octanol–water partition coefficient (Wildman–Crippen LogP) is -0.0632. The summed E-state index contributed by atoms with van der Waals surface area (Å²) in [6, 6.07) is 3.46. The monoisotopic (exact) mass is 148 g/mol. The molecule has 0 aliphatic heterocycles. The van der Waals surface area contributed by atoms with Crippen molar-refractivity contribution in [2.24, 2.45) is 0 Å². The van der Waals surface area contributed by atoms with Crippen LogP contribution < -0.4 is 0 Å². The summed E-state index contributed by atoms with van der Waals surface area (Å²) in [5.41, 5.74) is 0.578. The first kappa shape index (κ1) is 5.96. The van der Waals surface area contributed by atoms with Crippen molar-refractivity contribution in [3.05, 3.63) is 24.2 Å². The zero-order valence-electron chi connectivity index (χ0n) is 5.51. The maximum absolute atomic E-state index is 10.3. The fourth-order valence-corrected chi connectivity index (χ4v) is 0.835. The molecule has 54 valence electrons. The van der Waals surface area contributed by atoms with Crippen LogP contribution in [-0.4, -0.2) is 26.1 Å². The van der Waals surface area contributed by atoms with Crippen molar-refractivity contribution in [1.29, 1.82) is 0 Å². The summed E-state index contributed by atoms with van der Waals surface area (Å²) in [7, 11) is 0. The third-order valence-corrected chi connectivity index (χ3v) is 1.31. The van der Waals surface area contributed by atoms with Crippen molar-refractivity contribution < 1.29 is 4.79 Å². The van der Waals surface area contributed by atoms with Gasteiger partial charge in [0, 0.05) is 6.20 Å². The van der Waals surface area contributed by atoms with Crippen molar-refractivity contribution >= 4 is 11.9 Å². The van der Waals surface area contributed by atoms with Crippen LogP contribution in [0.2, 0.25) is 0 Å². The highest BCUT2D eigenvalue weighted by atomic mass is 16.1. The van der Waals surface area contributed by atoms with Gasteiger partial charge in [0.2, 0.25) is 5.82 Å². The molecule has 11 heavy (non-hydrogen) atoms. The topological polar surface area (TPSA) is 60.2 Å². The molecule has 0 atom stereocenters. The number of fused-ring (bicyclic) bond motifs is 1. The fraction of sp³-hybridized carbons (Fsp3) is 0. The zero-order valence-corrected chi connectivity index (χ0v) is 5.51. The highest BCUT2D eigenvalue weighted by Gasteiger charge is 2.01. The fourth-order valence-electron chi connectivity index (χ4n) is 0.835. The normalized spacial score (nSPS) is 10.2. The lowest BCUT2D eigenvalue weighted by Crippen LogP contribution is -1.95. The summed E-state index contributed by atoms with van der Waals surface area (Å²) in [5.74, 6) is 0.223. The molecular weight excluding hydrogens is 144 g/mol. The van der Waals surface area contributed by atoms with Gasteiger partial charge in [0.25, 0.3) is 0 Å². The van der Waals surface area contributed by atoms with E-state index in [0.29, 0.717) is 11.9 Å². The van der Waals surface area contributed by atoms with Gasteiger partial charge in [-0.2, -0.15) is 9.61 Å². The van der Waals surface area contributed by atoms with Crippen molar-refractivity contribution in [2.45, 2.75) is 0 Å². The lowest BCUT2D eigenvalue weighted by Gasteiger charge is -1.87. The number of carbonyl (C=O) groups excluding carboxylic acids is 1. The number of hydrogen-bond acceptors (Lipinski definition) is 4. The molecule has 0 aliphatic rings. The third-order valence-electron chi connectivity index (χ3n) is 1.31. The molecule has 0 spiro atoms. The quantitative estimate of drug-likeness (QED) is 0.531. The smallest absolute Gasteiger partial charge is 0.217 e. The Morgan fingerprint density at radius 1 is 1.45 bits per heavy atom. The van der Waals surface area contributed by atoms with Crippen LogP contribution in [0.4, 0.5) is 0 Å². The largest absolute Gasteiger partial charge is 0.294 e. The van der Waals surface area contributed by atoms with Gasteiger partial charge < -0.3 is 0 Å². The molecule has 5 nitrogen and oxygen atoms in total. The minimum absolute atomic E-state index is 0.223. The zero-order chi connectivity index (χ0) is 7.68.